The van der Waals surface area contributed by atoms with E-state index in [0.29, 0.717) is 17.0 Å². The summed E-state index contributed by atoms with van der Waals surface area (Å²) in [6, 6.07) is 4.13. The molecule has 1 spiro atoms. The van der Waals surface area contributed by atoms with Crippen molar-refractivity contribution in [3.8, 4) is 0 Å². The Balaban J connectivity index is 0.904. The molecule has 6 rings (SSSR count). The highest BCUT2D eigenvalue weighted by Crippen LogP contribution is 2.44. The number of amides is 1. The molecule has 5 heterocycles. The van der Waals surface area contributed by atoms with Crippen LogP contribution < -0.4 is 15.5 Å². The molecular formula is C27H40N8O2S. The van der Waals surface area contributed by atoms with Crippen LogP contribution in [0.1, 0.15) is 58.8 Å². The zero-order valence-corrected chi connectivity index (χ0v) is 23.4. The Hall–Kier alpha value is -2.37. The third-order valence-corrected chi connectivity index (χ3v) is 9.63. The lowest BCUT2D eigenvalue weighted by Crippen LogP contribution is -2.58. The number of ether oxygens (including phenoxy) is 1. The van der Waals surface area contributed by atoms with Gasteiger partial charge in [-0.15, -0.1) is 15.3 Å². The quantitative estimate of drug-likeness (QED) is 0.519. The van der Waals surface area contributed by atoms with E-state index in [2.05, 4.69) is 54.7 Å². The molecular weight excluding hydrogens is 500 g/mol. The van der Waals surface area contributed by atoms with Crippen LogP contribution in [0.25, 0.3) is 0 Å². The van der Waals surface area contributed by atoms with Crippen LogP contribution in [-0.4, -0.2) is 82.7 Å². The van der Waals surface area contributed by atoms with E-state index in [1.807, 2.05) is 12.1 Å². The van der Waals surface area contributed by atoms with E-state index in [4.69, 9.17) is 4.74 Å². The Labute approximate surface area is 228 Å². The fourth-order valence-corrected chi connectivity index (χ4v) is 7.45. The summed E-state index contributed by atoms with van der Waals surface area (Å²) in [5.41, 5.74) is 0.780. The molecule has 1 amide bonds. The molecule has 1 saturated carbocycles. The number of rotatable bonds is 8. The summed E-state index contributed by atoms with van der Waals surface area (Å²) in [5.74, 6) is 1.69. The van der Waals surface area contributed by atoms with Crippen molar-refractivity contribution in [2.45, 2.75) is 70.9 Å². The second-order valence-electron chi connectivity index (χ2n) is 12.7. The van der Waals surface area contributed by atoms with Crippen molar-refractivity contribution in [1.82, 2.24) is 25.3 Å². The number of nitrogens with zero attached hydrogens (tertiary/aromatic N) is 6. The van der Waals surface area contributed by atoms with Gasteiger partial charge in [-0.25, -0.2) is 0 Å². The Morgan fingerprint density at radius 1 is 1.16 bits per heavy atom. The molecule has 3 aliphatic heterocycles. The molecule has 2 aromatic rings. The van der Waals surface area contributed by atoms with E-state index in [9.17, 15) is 4.79 Å². The summed E-state index contributed by atoms with van der Waals surface area (Å²) >= 11 is 1.38. The topological polar surface area (TPSA) is 108 Å². The first-order chi connectivity index (χ1) is 18.3. The molecule has 11 heteroatoms. The van der Waals surface area contributed by atoms with Gasteiger partial charge in [-0.2, -0.15) is 5.10 Å². The molecule has 2 aromatic heterocycles. The van der Waals surface area contributed by atoms with E-state index in [-0.39, 0.29) is 23.5 Å². The van der Waals surface area contributed by atoms with Crippen molar-refractivity contribution < 1.29 is 9.53 Å². The largest absolute Gasteiger partial charge is 0.377 e. The van der Waals surface area contributed by atoms with Crippen LogP contribution in [-0.2, 0) is 9.53 Å². The predicted molar refractivity (Wildman–Crippen MR) is 148 cm³/mol. The Morgan fingerprint density at radius 2 is 1.97 bits per heavy atom. The highest BCUT2D eigenvalue weighted by molar-refractivity contribution is 7.19. The van der Waals surface area contributed by atoms with Crippen molar-refractivity contribution in [2.24, 2.45) is 16.7 Å². The van der Waals surface area contributed by atoms with Gasteiger partial charge in [0.15, 0.2) is 5.82 Å². The third-order valence-electron chi connectivity index (χ3n) is 8.86. The third kappa shape index (κ3) is 6.10. The van der Waals surface area contributed by atoms with Gasteiger partial charge in [0.1, 0.15) is 0 Å². The van der Waals surface area contributed by atoms with E-state index in [1.165, 1.54) is 43.6 Å². The minimum Gasteiger partial charge on any atom is -0.377 e. The predicted octanol–water partition coefficient (Wildman–Crippen LogP) is 3.65. The van der Waals surface area contributed by atoms with Gasteiger partial charge in [0.05, 0.1) is 19.1 Å². The highest BCUT2D eigenvalue weighted by atomic mass is 32.1. The highest BCUT2D eigenvalue weighted by Gasteiger charge is 2.49. The summed E-state index contributed by atoms with van der Waals surface area (Å²) < 4.78 is 6.08. The van der Waals surface area contributed by atoms with Crippen molar-refractivity contribution in [3.63, 3.8) is 0 Å². The van der Waals surface area contributed by atoms with Crippen molar-refractivity contribution in [2.75, 3.05) is 54.9 Å². The lowest BCUT2D eigenvalue weighted by molar-refractivity contribution is -0.118. The van der Waals surface area contributed by atoms with E-state index < -0.39 is 0 Å². The number of aromatic nitrogens is 4. The summed E-state index contributed by atoms with van der Waals surface area (Å²) in [5, 5.41) is 24.2. The fraction of sp³-hybridized carbons (Fsp3) is 0.741. The van der Waals surface area contributed by atoms with Crippen LogP contribution >= 0.6 is 11.3 Å². The van der Waals surface area contributed by atoms with Gasteiger partial charge in [0.25, 0.3) is 0 Å². The average Bonchev–Trinajstić information content (AvgIpc) is 3.62. The molecule has 2 N–H and O–H groups in total. The summed E-state index contributed by atoms with van der Waals surface area (Å²) in [6.45, 7) is 10.8. The Kier molecular flexibility index (Phi) is 7.26. The smallest absolute Gasteiger partial charge is 0.228 e. The number of anilines is 3. The van der Waals surface area contributed by atoms with Crippen LogP contribution in [0.5, 0.6) is 0 Å². The molecule has 38 heavy (non-hydrogen) atoms. The number of carbonyl (C=O) groups is 1. The van der Waals surface area contributed by atoms with Crippen molar-refractivity contribution in [1.29, 1.82) is 0 Å². The van der Waals surface area contributed by atoms with Crippen LogP contribution in [0.2, 0.25) is 0 Å². The number of carbonyl (C=O) groups excluding carboxylic acids is 1. The number of likely N-dealkylation sites (tertiary alicyclic amines) is 1. The lowest BCUT2D eigenvalue weighted by atomic mass is 9.72. The first-order valence-electron chi connectivity index (χ1n) is 14.1. The number of hydrogen-bond donors (Lipinski definition) is 2. The maximum atomic E-state index is 12.7. The van der Waals surface area contributed by atoms with Gasteiger partial charge in [0, 0.05) is 50.4 Å². The van der Waals surface area contributed by atoms with Crippen LogP contribution in [0.4, 0.5) is 16.1 Å². The monoisotopic (exact) mass is 540 g/mol. The van der Waals surface area contributed by atoms with Gasteiger partial charge in [-0.3, -0.25) is 4.79 Å². The van der Waals surface area contributed by atoms with Crippen LogP contribution in [0, 0.1) is 16.7 Å². The number of nitrogens with one attached hydrogen (secondary N) is 2. The van der Waals surface area contributed by atoms with Gasteiger partial charge < -0.3 is 25.2 Å². The van der Waals surface area contributed by atoms with Gasteiger partial charge in [-0.1, -0.05) is 25.2 Å². The first kappa shape index (κ1) is 25.9. The second kappa shape index (κ2) is 10.7. The Morgan fingerprint density at radius 3 is 2.76 bits per heavy atom. The average molecular weight is 541 g/mol. The fourth-order valence-electron chi connectivity index (χ4n) is 6.72. The van der Waals surface area contributed by atoms with Gasteiger partial charge >= 0.3 is 0 Å². The van der Waals surface area contributed by atoms with Crippen LogP contribution in [0.15, 0.2) is 18.3 Å². The molecule has 4 aliphatic rings. The zero-order chi connectivity index (χ0) is 26.2. The molecule has 2 atom stereocenters. The van der Waals surface area contributed by atoms with E-state index >= 15 is 0 Å². The maximum absolute atomic E-state index is 12.7. The summed E-state index contributed by atoms with van der Waals surface area (Å²) in [6.07, 6.45) is 9.43. The molecule has 10 nitrogen and oxygen atoms in total. The molecule has 0 radical (unpaired) electrons. The van der Waals surface area contributed by atoms with Crippen LogP contribution in [0.3, 0.4) is 0 Å². The molecule has 0 bridgehead atoms. The molecule has 1 aliphatic carbocycles. The standard InChI is InChI=1S/C27H40N8O2S/c1-26(2)8-5-19(6-9-26)14-34-16-27(17-34)13-21(37-18-27)12-23(36)30-25-33-32-24(38-25)29-20-7-11-35(15-20)22-4-3-10-28-31-22/h3-4,10,19-21H,5-9,11-18H2,1-2H3,(H,29,32)(H,30,33,36)/t20-,21?/m1/s1. The molecule has 4 fully saturated rings. The zero-order valence-electron chi connectivity index (χ0n) is 22.6. The molecule has 3 saturated heterocycles. The van der Waals surface area contributed by atoms with Gasteiger partial charge in [-0.05, 0) is 62.0 Å². The summed E-state index contributed by atoms with van der Waals surface area (Å²) in [4.78, 5) is 17.5. The normalized spacial score (nSPS) is 26.9. The number of hydrogen-bond acceptors (Lipinski definition) is 10. The van der Waals surface area contributed by atoms with E-state index in [0.717, 1.165) is 62.5 Å². The SMILES string of the molecule is CC1(C)CCC(CN2CC3(COC(CC(=O)Nc4nnc(N[C@@H]5CCN(c6cccnn6)C5)s4)C3)C2)CC1. The van der Waals surface area contributed by atoms with Gasteiger partial charge in [0.2, 0.25) is 16.2 Å². The minimum absolute atomic E-state index is 0.0105. The molecule has 206 valence electrons. The summed E-state index contributed by atoms with van der Waals surface area (Å²) in [7, 11) is 0. The van der Waals surface area contributed by atoms with Crippen molar-refractivity contribution in [3.05, 3.63) is 18.3 Å². The Bertz CT molecular complexity index is 1100. The van der Waals surface area contributed by atoms with E-state index in [1.54, 1.807) is 6.20 Å². The maximum Gasteiger partial charge on any atom is 0.228 e. The molecule has 1 unspecified atom stereocenters. The molecule has 0 aromatic carbocycles. The first-order valence-corrected chi connectivity index (χ1v) is 14.9. The minimum atomic E-state index is -0.0505. The van der Waals surface area contributed by atoms with Crippen molar-refractivity contribution >= 4 is 33.3 Å². The lowest BCUT2D eigenvalue weighted by Gasteiger charge is -2.49. The second-order valence-corrected chi connectivity index (χ2v) is 13.7.